The van der Waals surface area contributed by atoms with E-state index < -0.39 is 0 Å². The van der Waals surface area contributed by atoms with Crippen molar-refractivity contribution in [3.8, 4) is 5.75 Å². The van der Waals surface area contributed by atoms with Crippen molar-refractivity contribution in [3.05, 3.63) is 95.1 Å². The fourth-order valence-electron chi connectivity index (χ4n) is 3.30. The molecule has 3 aromatic rings. The van der Waals surface area contributed by atoms with Crippen LogP contribution in [0.25, 0.3) is 0 Å². The molecule has 0 saturated carbocycles. The van der Waals surface area contributed by atoms with Gasteiger partial charge in [-0.2, -0.15) is 0 Å². The summed E-state index contributed by atoms with van der Waals surface area (Å²) in [4.78, 5) is 12.6. The van der Waals surface area contributed by atoms with Crippen molar-refractivity contribution < 1.29 is 9.53 Å². The van der Waals surface area contributed by atoms with Crippen LogP contribution in [0.15, 0.2) is 72.8 Å². The Morgan fingerprint density at radius 2 is 1.77 bits per heavy atom. The molecule has 0 saturated heterocycles. The van der Waals surface area contributed by atoms with Gasteiger partial charge in [0.1, 0.15) is 11.9 Å². The lowest BCUT2D eigenvalue weighted by molar-refractivity contribution is 0.0850. The predicted octanol–water partition coefficient (Wildman–Crippen LogP) is 5.31. The first-order chi connectivity index (χ1) is 12.7. The SMILES string of the molecule is Cc1ccccc1NCc1ccc2c(c1)C(=O)CC(c1ccccc1)O2. The number of para-hydroxylation sites is 1. The second kappa shape index (κ2) is 7.04. The molecule has 1 atom stereocenters. The minimum atomic E-state index is -0.202. The monoisotopic (exact) mass is 343 g/mol. The molecule has 0 aliphatic carbocycles. The van der Waals surface area contributed by atoms with Gasteiger partial charge in [0.05, 0.1) is 12.0 Å². The molecule has 0 bridgehead atoms. The highest BCUT2D eigenvalue weighted by Crippen LogP contribution is 2.35. The van der Waals surface area contributed by atoms with E-state index in [-0.39, 0.29) is 11.9 Å². The Hall–Kier alpha value is -3.07. The van der Waals surface area contributed by atoms with Crippen molar-refractivity contribution in [2.75, 3.05) is 5.32 Å². The van der Waals surface area contributed by atoms with Gasteiger partial charge in [-0.1, -0.05) is 54.6 Å². The summed E-state index contributed by atoms with van der Waals surface area (Å²) < 4.78 is 6.08. The van der Waals surface area contributed by atoms with Crippen LogP contribution in [0.3, 0.4) is 0 Å². The Labute approximate surface area is 153 Å². The maximum atomic E-state index is 12.6. The summed E-state index contributed by atoms with van der Waals surface area (Å²) >= 11 is 0. The summed E-state index contributed by atoms with van der Waals surface area (Å²) in [5, 5.41) is 3.43. The molecule has 0 aromatic heterocycles. The third-order valence-electron chi connectivity index (χ3n) is 4.78. The topological polar surface area (TPSA) is 38.3 Å². The molecule has 1 aliphatic rings. The maximum absolute atomic E-state index is 12.6. The number of carbonyl (C=O) groups excluding carboxylic acids is 1. The molecular weight excluding hydrogens is 322 g/mol. The van der Waals surface area contributed by atoms with Gasteiger partial charge in [0.25, 0.3) is 0 Å². The molecule has 0 spiro atoms. The summed E-state index contributed by atoms with van der Waals surface area (Å²) in [7, 11) is 0. The normalized spacial score (nSPS) is 15.9. The van der Waals surface area contributed by atoms with Crippen LogP contribution in [-0.2, 0) is 6.54 Å². The Morgan fingerprint density at radius 1 is 1.00 bits per heavy atom. The minimum Gasteiger partial charge on any atom is -0.484 e. The molecular formula is C23H21NO2. The van der Waals surface area contributed by atoms with E-state index in [2.05, 4.69) is 24.4 Å². The largest absolute Gasteiger partial charge is 0.484 e. The number of ether oxygens (including phenoxy) is 1. The standard InChI is InChI=1S/C23H21NO2/c1-16-7-5-6-10-20(16)24-15-17-11-12-22-19(13-17)21(25)14-23(26-22)18-8-3-2-4-9-18/h2-13,23-24H,14-15H2,1H3. The van der Waals surface area contributed by atoms with Gasteiger partial charge in [0.15, 0.2) is 5.78 Å². The van der Waals surface area contributed by atoms with E-state index in [4.69, 9.17) is 4.74 Å². The number of benzene rings is 3. The minimum absolute atomic E-state index is 0.137. The van der Waals surface area contributed by atoms with Gasteiger partial charge >= 0.3 is 0 Å². The summed E-state index contributed by atoms with van der Waals surface area (Å²) in [6, 6.07) is 24.0. The number of hydrogen-bond acceptors (Lipinski definition) is 3. The van der Waals surface area contributed by atoms with E-state index >= 15 is 0 Å². The number of carbonyl (C=O) groups is 1. The molecule has 3 nitrogen and oxygen atoms in total. The lowest BCUT2D eigenvalue weighted by atomic mass is 9.95. The van der Waals surface area contributed by atoms with Gasteiger partial charge in [-0.05, 0) is 41.8 Å². The first-order valence-corrected chi connectivity index (χ1v) is 8.88. The lowest BCUT2D eigenvalue weighted by Gasteiger charge is -2.26. The molecule has 0 fully saturated rings. The number of anilines is 1. The van der Waals surface area contributed by atoms with Crippen LogP contribution < -0.4 is 10.1 Å². The smallest absolute Gasteiger partial charge is 0.170 e. The van der Waals surface area contributed by atoms with E-state index in [1.165, 1.54) is 5.56 Å². The maximum Gasteiger partial charge on any atom is 0.170 e. The highest BCUT2D eigenvalue weighted by Gasteiger charge is 2.27. The van der Waals surface area contributed by atoms with Crippen LogP contribution in [0.2, 0.25) is 0 Å². The summed E-state index contributed by atoms with van der Waals surface area (Å²) in [6.45, 7) is 2.75. The molecule has 130 valence electrons. The van der Waals surface area contributed by atoms with Gasteiger partial charge in [0.2, 0.25) is 0 Å². The van der Waals surface area contributed by atoms with Crippen molar-refractivity contribution >= 4 is 11.5 Å². The van der Waals surface area contributed by atoms with Crippen LogP contribution in [0.5, 0.6) is 5.75 Å². The first-order valence-electron chi connectivity index (χ1n) is 8.88. The van der Waals surface area contributed by atoms with Gasteiger partial charge < -0.3 is 10.1 Å². The molecule has 1 aliphatic heterocycles. The lowest BCUT2D eigenvalue weighted by Crippen LogP contribution is -2.20. The van der Waals surface area contributed by atoms with Crippen LogP contribution in [0, 0.1) is 6.92 Å². The van der Waals surface area contributed by atoms with Gasteiger partial charge in [-0.3, -0.25) is 4.79 Å². The number of aryl methyl sites for hydroxylation is 1. The number of ketones is 1. The van der Waals surface area contributed by atoms with E-state index in [1.54, 1.807) is 0 Å². The van der Waals surface area contributed by atoms with E-state index in [9.17, 15) is 4.79 Å². The predicted molar refractivity (Wildman–Crippen MR) is 104 cm³/mol. The van der Waals surface area contributed by atoms with Crippen molar-refractivity contribution in [2.45, 2.75) is 26.0 Å². The Kier molecular flexibility index (Phi) is 4.44. The Balaban J connectivity index is 1.52. The summed E-state index contributed by atoms with van der Waals surface area (Å²) in [5.41, 5.74) is 5.10. The van der Waals surface area contributed by atoms with Crippen molar-refractivity contribution in [3.63, 3.8) is 0 Å². The van der Waals surface area contributed by atoms with Crippen LogP contribution in [-0.4, -0.2) is 5.78 Å². The second-order valence-electron chi connectivity index (χ2n) is 6.64. The Bertz CT molecular complexity index is 934. The first kappa shape index (κ1) is 16.4. The molecule has 0 amide bonds. The number of fused-ring (bicyclic) bond motifs is 1. The van der Waals surface area contributed by atoms with Gasteiger partial charge in [-0.15, -0.1) is 0 Å². The summed E-state index contributed by atoms with van der Waals surface area (Å²) in [6.07, 6.45) is 0.179. The second-order valence-corrected chi connectivity index (χ2v) is 6.64. The van der Waals surface area contributed by atoms with E-state index in [0.29, 0.717) is 24.3 Å². The highest BCUT2D eigenvalue weighted by molar-refractivity contribution is 6.00. The third kappa shape index (κ3) is 3.33. The highest BCUT2D eigenvalue weighted by atomic mass is 16.5. The van der Waals surface area contributed by atoms with Crippen molar-refractivity contribution in [1.29, 1.82) is 0 Å². The molecule has 4 rings (SSSR count). The van der Waals surface area contributed by atoms with E-state index in [0.717, 1.165) is 16.8 Å². The average molecular weight is 343 g/mol. The van der Waals surface area contributed by atoms with E-state index in [1.807, 2.05) is 60.7 Å². The van der Waals surface area contributed by atoms with Crippen LogP contribution in [0.4, 0.5) is 5.69 Å². The number of rotatable bonds is 4. The zero-order valence-electron chi connectivity index (χ0n) is 14.7. The fraction of sp³-hybridized carbons (Fsp3) is 0.174. The molecule has 1 N–H and O–H groups in total. The number of Topliss-reactive ketones (excluding diaryl/α,β-unsaturated/α-hetero) is 1. The summed E-state index contributed by atoms with van der Waals surface area (Å²) in [5.74, 6) is 0.813. The zero-order valence-corrected chi connectivity index (χ0v) is 14.7. The quantitative estimate of drug-likeness (QED) is 0.697. The zero-order chi connectivity index (χ0) is 17.9. The Morgan fingerprint density at radius 3 is 2.58 bits per heavy atom. The van der Waals surface area contributed by atoms with Gasteiger partial charge in [-0.25, -0.2) is 0 Å². The number of hydrogen-bond donors (Lipinski definition) is 1. The van der Waals surface area contributed by atoms with Crippen molar-refractivity contribution in [1.82, 2.24) is 0 Å². The molecule has 1 unspecified atom stereocenters. The van der Waals surface area contributed by atoms with Crippen LogP contribution in [0.1, 0.15) is 39.6 Å². The molecule has 3 heteroatoms. The number of nitrogens with one attached hydrogen (secondary N) is 1. The van der Waals surface area contributed by atoms with Crippen molar-refractivity contribution in [2.24, 2.45) is 0 Å². The average Bonchev–Trinajstić information content (AvgIpc) is 2.68. The molecule has 1 heterocycles. The molecule has 0 radical (unpaired) electrons. The van der Waals surface area contributed by atoms with Crippen LogP contribution >= 0.6 is 0 Å². The molecule has 3 aromatic carbocycles. The fourth-order valence-corrected chi connectivity index (χ4v) is 3.30. The molecule has 26 heavy (non-hydrogen) atoms. The van der Waals surface area contributed by atoms with Gasteiger partial charge in [0, 0.05) is 12.2 Å². The third-order valence-corrected chi connectivity index (χ3v) is 4.78.